The molecule has 0 bridgehead atoms. The molecular weight excluding hydrogens is 419 g/mol. The van der Waals surface area contributed by atoms with Crippen molar-refractivity contribution in [2.45, 2.75) is 0 Å². The van der Waals surface area contributed by atoms with Gasteiger partial charge in [-0.25, -0.2) is 0 Å². The highest BCUT2D eigenvalue weighted by Crippen LogP contribution is 2.17. The number of hydrogen-bond donors (Lipinski definition) is 2. The Balaban J connectivity index is 1.65. The quantitative estimate of drug-likeness (QED) is 0.601. The maximum absolute atomic E-state index is 12.3. The minimum atomic E-state index is -0.323. The number of halogens is 1. The Labute approximate surface area is 152 Å². The van der Waals surface area contributed by atoms with Crippen LogP contribution < -0.4 is 10.6 Å². The smallest absolute Gasteiger partial charge is 0.291 e. The summed E-state index contributed by atoms with van der Waals surface area (Å²) in [6, 6.07) is 17.5. The van der Waals surface area contributed by atoms with Crippen molar-refractivity contribution < 1.29 is 14.0 Å². The summed E-state index contributed by atoms with van der Waals surface area (Å²) in [5, 5.41) is 5.55. The molecule has 0 saturated carbocycles. The lowest BCUT2D eigenvalue weighted by atomic mass is 10.2. The van der Waals surface area contributed by atoms with Crippen molar-refractivity contribution in [1.29, 1.82) is 0 Å². The first kappa shape index (κ1) is 16.3. The van der Waals surface area contributed by atoms with Crippen LogP contribution in [0.3, 0.4) is 0 Å². The Kier molecular flexibility index (Phi) is 4.95. The average Bonchev–Trinajstić information content (AvgIpc) is 3.11. The Bertz CT molecular complexity index is 858. The third-order valence-electron chi connectivity index (χ3n) is 3.26. The maximum Gasteiger partial charge on any atom is 0.291 e. The normalized spacial score (nSPS) is 10.2. The van der Waals surface area contributed by atoms with Gasteiger partial charge in [0.2, 0.25) is 0 Å². The van der Waals surface area contributed by atoms with E-state index < -0.39 is 0 Å². The minimum absolute atomic E-state index is 0.174. The van der Waals surface area contributed by atoms with E-state index in [1.807, 2.05) is 18.2 Å². The Morgan fingerprint density at radius 2 is 1.42 bits per heavy atom. The predicted molar refractivity (Wildman–Crippen MR) is 100 cm³/mol. The van der Waals surface area contributed by atoms with Crippen LogP contribution >= 0.6 is 22.6 Å². The lowest BCUT2D eigenvalue weighted by Gasteiger charge is -2.08. The highest BCUT2D eigenvalue weighted by molar-refractivity contribution is 14.1. The first-order chi connectivity index (χ1) is 11.6. The summed E-state index contributed by atoms with van der Waals surface area (Å²) < 4.78 is 5.92. The fraction of sp³-hybridized carbons (Fsp3) is 0. The number of hydrogen-bond acceptors (Lipinski definition) is 3. The summed E-state index contributed by atoms with van der Waals surface area (Å²) in [6.45, 7) is 0. The molecule has 24 heavy (non-hydrogen) atoms. The second-order valence-corrected chi connectivity index (χ2v) is 6.10. The van der Waals surface area contributed by atoms with Crippen LogP contribution in [0, 0.1) is 3.57 Å². The number of carbonyl (C=O) groups is 2. The topological polar surface area (TPSA) is 71.3 Å². The molecule has 3 aromatic rings. The predicted octanol–water partition coefficient (Wildman–Crippen LogP) is 4.39. The van der Waals surface area contributed by atoms with Crippen LogP contribution in [0.5, 0.6) is 0 Å². The lowest BCUT2D eigenvalue weighted by molar-refractivity contribution is 0.0994. The van der Waals surface area contributed by atoms with Gasteiger partial charge in [-0.05, 0) is 71.1 Å². The molecular formula is C18H13IN2O3. The second-order valence-electron chi connectivity index (χ2n) is 4.94. The Morgan fingerprint density at radius 1 is 0.792 bits per heavy atom. The van der Waals surface area contributed by atoms with E-state index in [0.717, 1.165) is 3.57 Å². The highest BCUT2D eigenvalue weighted by atomic mass is 127. The van der Waals surface area contributed by atoms with Crippen LogP contribution in [0.1, 0.15) is 20.9 Å². The minimum Gasteiger partial charge on any atom is -0.459 e. The van der Waals surface area contributed by atoms with Gasteiger partial charge in [0.25, 0.3) is 11.8 Å². The van der Waals surface area contributed by atoms with Crippen LogP contribution in [0.4, 0.5) is 11.4 Å². The maximum atomic E-state index is 12.3. The fourth-order valence-corrected chi connectivity index (χ4v) is 2.71. The van der Waals surface area contributed by atoms with Crippen molar-refractivity contribution in [3.63, 3.8) is 0 Å². The van der Waals surface area contributed by atoms with Gasteiger partial charge < -0.3 is 15.1 Å². The number of benzene rings is 2. The molecule has 0 unspecified atom stereocenters. The van der Waals surface area contributed by atoms with Crippen molar-refractivity contribution in [2.75, 3.05) is 10.6 Å². The van der Waals surface area contributed by atoms with Crippen molar-refractivity contribution in [3.05, 3.63) is 81.8 Å². The van der Waals surface area contributed by atoms with Crippen molar-refractivity contribution >= 4 is 45.8 Å². The van der Waals surface area contributed by atoms with Gasteiger partial charge >= 0.3 is 0 Å². The van der Waals surface area contributed by atoms with Gasteiger partial charge in [0.05, 0.1) is 11.8 Å². The second kappa shape index (κ2) is 7.31. The van der Waals surface area contributed by atoms with E-state index in [9.17, 15) is 9.59 Å². The van der Waals surface area contributed by atoms with Crippen LogP contribution in [-0.2, 0) is 0 Å². The zero-order valence-corrected chi connectivity index (χ0v) is 14.6. The zero-order chi connectivity index (χ0) is 16.9. The molecule has 6 heteroatoms. The van der Waals surface area contributed by atoms with Crippen molar-refractivity contribution in [2.24, 2.45) is 0 Å². The summed E-state index contributed by atoms with van der Waals surface area (Å²) in [7, 11) is 0. The van der Waals surface area contributed by atoms with E-state index >= 15 is 0 Å². The number of nitrogens with one attached hydrogen (secondary N) is 2. The van der Waals surface area contributed by atoms with Gasteiger partial charge in [-0.2, -0.15) is 0 Å². The first-order valence-electron chi connectivity index (χ1n) is 7.14. The van der Waals surface area contributed by atoms with Crippen molar-refractivity contribution in [1.82, 2.24) is 0 Å². The molecule has 0 fully saturated rings. The molecule has 0 atom stereocenters. The Morgan fingerprint density at radius 3 is 2.00 bits per heavy atom. The van der Waals surface area contributed by atoms with Crippen LogP contribution in [0.15, 0.2) is 71.3 Å². The number of amides is 2. The molecule has 1 aromatic heterocycles. The average molecular weight is 432 g/mol. The molecule has 0 saturated heterocycles. The Hall–Kier alpha value is -2.61. The summed E-state index contributed by atoms with van der Waals surface area (Å²) in [5.41, 5.74) is 1.88. The summed E-state index contributed by atoms with van der Waals surface area (Å²) >= 11 is 2.12. The largest absolute Gasteiger partial charge is 0.459 e. The van der Waals surface area contributed by atoms with E-state index in [-0.39, 0.29) is 17.6 Å². The van der Waals surface area contributed by atoms with E-state index in [2.05, 4.69) is 33.2 Å². The van der Waals surface area contributed by atoms with Gasteiger partial charge in [-0.15, -0.1) is 0 Å². The number of rotatable bonds is 4. The summed E-state index contributed by atoms with van der Waals surface area (Å²) in [5.74, 6) is -0.256. The molecule has 0 radical (unpaired) electrons. The van der Waals surface area contributed by atoms with Crippen LogP contribution in [-0.4, -0.2) is 11.8 Å². The van der Waals surface area contributed by atoms with Gasteiger partial charge in [-0.1, -0.05) is 12.1 Å². The van der Waals surface area contributed by atoms with Crippen LogP contribution in [0.2, 0.25) is 0 Å². The summed E-state index contributed by atoms with van der Waals surface area (Å²) in [6.07, 6.45) is 1.44. The molecule has 2 amide bonds. The van der Waals surface area contributed by atoms with E-state index in [0.29, 0.717) is 16.9 Å². The van der Waals surface area contributed by atoms with Crippen LogP contribution in [0.25, 0.3) is 0 Å². The molecule has 3 rings (SSSR count). The molecule has 0 spiro atoms. The van der Waals surface area contributed by atoms with E-state index in [4.69, 9.17) is 4.42 Å². The lowest BCUT2D eigenvalue weighted by Crippen LogP contribution is -2.14. The molecule has 0 aliphatic carbocycles. The van der Waals surface area contributed by atoms with Gasteiger partial charge in [0.1, 0.15) is 0 Å². The van der Waals surface area contributed by atoms with Crippen molar-refractivity contribution in [3.8, 4) is 0 Å². The molecule has 120 valence electrons. The highest BCUT2D eigenvalue weighted by Gasteiger charge is 2.10. The monoisotopic (exact) mass is 432 g/mol. The standard InChI is InChI=1S/C18H13IN2O3/c19-15-5-2-1-4-14(15)17(22)20-12-7-9-13(10-8-12)21-18(23)16-6-3-11-24-16/h1-11H,(H,20,22)(H,21,23). The van der Waals surface area contributed by atoms with Gasteiger partial charge in [-0.3, -0.25) is 9.59 Å². The number of anilines is 2. The third-order valence-corrected chi connectivity index (χ3v) is 4.20. The molecule has 2 aromatic carbocycles. The fourth-order valence-electron chi connectivity index (χ4n) is 2.08. The summed E-state index contributed by atoms with van der Waals surface area (Å²) in [4.78, 5) is 24.1. The molecule has 0 aliphatic rings. The first-order valence-corrected chi connectivity index (χ1v) is 8.22. The van der Waals surface area contributed by atoms with E-state index in [1.54, 1.807) is 42.5 Å². The molecule has 2 N–H and O–H groups in total. The number of carbonyl (C=O) groups excluding carboxylic acids is 2. The zero-order valence-electron chi connectivity index (χ0n) is 12.5. The number of furan rings is 1. The van der Waals surface area contributed by atoms with Gasteiger partial charge in [0, 0.05) is 14.9 Å². The third kappa shape index (κ3) is 3.83. The SMILES string of the molecule is O=C(Nc1ccc(NC(=O)c2ccccc2I)cc1)c1ccco1. The van der Waals surface area contributed by atoms with E-state index in [1.165, 1.54) is 6.26 Å². The molecule has 1 heterocycles. The molecule has 0 aliphatic heterocycles. The van der Waals surface area contributed by atoms with Gasteiger partial charge in [0.15, 0.2) is 5.76 Å². The molecule has 5 nitrogen and oxygen atoms in total.